The number of nitrogens with one attached hydrogen (secondary N) is 1. The predicted octanol–water partition coefficient (Wildman–Crippen LogP) is 4.49. The summed E-state index contributed by atoms with van der Waals surface area (Å²) in [6, 6.07) is 13.2. The smallest absolute Gasteiger partial charge is 0.316 e. The number of hydrogen-bond acceptors (Lipinski definition) is 6. The van der Waals surface area contributed by atoms with Gasteiger partial charge in [0.2, 0.25) is 5.82 Å². The zero-order valence-electron chi connectivity index (χ0n) is 15.2. The molecule has 0 aliphatic carbocycles. The van der Waals surface area contributed by atoms with Gasteiger partial charge in [0.1, 0.15) is 11.3 Å². The Morgan fingerprint density at radius 2 is 2.11 bits per heavy atom. The van der Waals surface area contributed by atoms with Crippen LogP contribution in [0.4, 0.5) is 0 Å². The molecule has 0 bridgehead atoms. The minimum absolute atomic E-state index is 0.123. The Bertz CT molecular complexity index is 1170. The van der Waals surface area contributed by atoms with Gasteiger partial charge in [-0.25, -0.2) is 0 Å². The number of carbonyl (C=O) groups is 1. The maximum absolute atomic E-state index is 12.3. The molecule has 1 N–H and O–H groups in total. The van der Waals surface area contributed by atoms with Gasteiger partial charge in [-0.3, -0.25) is 4.79 Å². The largest absolute Gasteiger partial charge is 0.497 e. The molecule has 4 aromatic rings. The third-order valence-corrected chi connectivity index (χ3v) is 4.80. The van der Waals surface area contributed by atoms with Crippen molar-refractivity contribution in [1.82, 2.24) is 15.5 Å². The fourth-order valence-corrected chi connectivity index (χ4v) is 3.30. The monoisotopic (exact) mass is 441 g/mol. The Kier molecular flexibility index (Phi) is 4.87. The van der Waals surface area contributed by atoms with E-state index in [0.717, 1.165) is 26.7 Å². The first-order valence-corrected chi connectivity index (χ1v) is 9.28. The van der Waals surface area contributed by atoms with E-state index in [4.69, 9.17) is 13.7 Å². The van der Waals surface area contributed by atoms with Crippen molar-refractivity contribution in [1.29, 1.82) is 0 Å². The summed E-state index contributed by atoms with van der Waals surface area (Å²) in [5, 5.41) is 7.54. The van der Waals surface area contributed by atoms with Crippen LogP contribution in [0.25, 0.3) is 22.6 Å². The molecule has 0 aliphatic heterocycles. The van der Waals surface area contributed by atoms with Gasteiger partial charge in [-0.15, -0.1) is 0 Å². The first-order chi connectivity index (χ1) is 13.5. The van der Waals surface area contributed by atoms with E-state index in [9.17, 15) is 4.79 Å². The number of halogens is 1. The van der Waals surface area contributed by atoms with Gasteiger partial charge in [0.15, 0.2) is 5.76 Å². The number of fused-ring (bicyclic) bond motifs is 1. The summed E-state index contributed by atoms with van der Waals surface area (Å²) in [6.45, 7) is 2.24. The fourth-order valence-electron chi connectivity index (χ4n) is 2.85. The Hall–Kier alpha value is -3.13. The summed E-state index contributed by atoms with van der Waals surface area (Å²) >= 11 is 3.40. The van der Waals surface area contributed by atoms with Crippen molar-refractivity contribution in [3.63, 3.8) is 0 Å². The van der Waals surface area contributed by atoms with Gasteiger partial charge in [-0.05, 0) is 42.8 Å². The molecule has 7 nitrogen and oxygen atoms in total. The van der Waals surface area contributed by atoms with E-state index in [1.165, 1.54) is 0 Å². The number of benzene rings is 2. The minimum Gasteiger partial charge on any atom is -0.497 e. The predicted molar refractivity (Wildman–Crippen MR) is 106 cm³/mol. The molecule has 0 saturated heterocycles. The summed E-state index contributed by atoms with van der Waals surface area (Å²) in [6.07, 6.45) is 0. The standard InChI is InChI=1S/C20H16BrN3O4/c1-11-15-9-14(26-2)6-7-16(15)27-17(11)18-23-20(28-24-18)19(25)22-10-12-4-3-5-13(21)8-12/h3-9H,10H2,1-2H3,(H,22,25). The molecule has 2 aromatic heterocycles. The zero-order valence-corrected chi connectivity index (χ0v) is 16.7. The van der Waals surface area contributed by atoms with Gasteiger partial charge >= 0.3 is 11.8 Å². The number of carbonyl (C=O) groups excluding carboxylic acids is 1. The van der Waals surface area contributed by atoms with E-state index < -0.39 is 5.91 Å². The van der Waals surface area contributed by atoms with Crippen LogP contribution in [-0.2, 0) is 6.54 Å². The molecule has 0 radical (unpaired) electrons. The van der Waals surface area contributed by atoms with E-state index >= 15 is 0 Å². The molecule has 2 aromatic carbocycles. The third-order valence-electron chi connectivity index (χ3n) is 4.31. The highest BCUT2D eigenvalue weighted by Crippen LogP contribution is 2.33. The van der Waals surface area contributed by atoms with Crippen molar-refractivity contribution in [3.8, 4) is 17.3 Å². The van der Waals surface area contributed by atoms with Crippen molar-refractivity contribution in [2.24, 2.45) is 0 Å². The summed E-state index contributed by atoms with van der Waals surface area (Å²) in [5.41, 5.74) is 2.47. The van der Waals surface area contributed by atoms with Crippen LogP contribution in [-0.4, -0.2) is 23.2 Å². The molecular weight excluding hydrogens is 426 g/mol. The molecule has 142 valence electrons. The number of aromatic nitrogens is 2. The van der Waals surface area contributed by atoms with Gasteiger partial charge < -0.3 is 19.0 Å². The zero-order chi connectivity index (χ0) is 19.7. The second kappa shape index (κ2) is 7.47. The number of aryl methyl sites for hydroxylation is 1. The van der Waals surface area contributed by atoms with Crippen LogP contribution in [0, 0.1) is 6.92 Å². The highest BCUT2D eigenvalue weighted by molar-refractivity contribution is 9.10. The lowest BCUT2D eigenvalue weighted by molar-refractivity contribution is 0.0907. The normalized spacial score (nSPS) is 11.0. The van der Waals surface area contributed by atoms with E-state index in [1.807, 2.05) is 49.4 Å². The summed E-state index contributed by atoms with van der Waals surface area (Å²) in [4.78, 5) is 16.5. The lowest BCUT2D eigenvalue weighted by Gasteiger charge is -2.02. The van der Waals surface area contributed by atoms with Crippen molar-refractivity contribution < 1.29 is 18.5 Å². The highest BCUT2D eigenvalue weighted by atomic mass is 79.9. The van der Waals surface area contributed by atoms with Crippen LogP contribution in [0.15, 0.2) is 55.9 Å². The van der Waals surface area contributed by atoms with Crippen molar-refractivity contribution >= 4 is 32.8 Å². The van der Waals surface area contributed by atoms with Crippen molar-refractivity contribution in [2.45, 2.75) is 13.5 Å². The molecule has 2 heterocycles. The molecule has 0 atom stereocenters. The van der Waals surface area contributed by atoms with E-state index in [0.29, 0.717) is 17.9 Å². The third kappa shape index (κ3) is 3.50. The first kappa shape index (κ1) is 18.2. The van der Waals surface area contributed by atoms with Gasteiger partial charge in [-0.2, -0.15) is 4.98 Å². The topological polar surface area (TPSA) is 90.4 Å². The maximum Gasteiger partial charge on any atom is 0.316 e. The molecule has 0 spiro atoms. The van der Waals surface area contributed by atoms with Gasteiger partial charge in [0.25, 0.3) is 0 Å². The molecule has 0 saturated carbocycles. The molecule has 4 rings (SSSR count). The number of nitrogens with zero attached hydrogens (tertiary/aromatic N) is 2. The average molecular weight is 442 g/mol. The molecule has 0 unspecified atom stereocenters. The lowest BCUT2D eigenvalue weighted by atomic mass is 10.1. The SMILES string of the molecule is COc1ccc2oc(-c3noc(C(=O)NCc4cccc(Br)c4)n3)c(C)c2c1. The number of ether oxygens (including phenoxy) is 1. The first-order valence-electron chi connectivity index (χ1n) is 8.49. The highest BCUT2D eigenvalue weighted by Gasteiger charge is 2.21. The second-order valence-electron chi connectivity index (χ2n) is 6.15. The van der Waals surface area contributed by atoms with Crippen LogP contribution < -0.4 is 10.1 Å². The van der Waals surface area contributed by atoms with Gasteiger partial charge in [0, 0.05) is 22.0 Å². The maximum atomic E-state index is 12.3. The van der Waals surface area contributed by atoms with Crippen molar-refractivity contribution in [3.05, 3.63) is 64.0 Å². The van der Waals surface area contributed by atoms with Crippen LogP contribution in [0.2, 0.25) is 0 Å². The number of amides is 1. The van der Waals surface area contributed by atoms with E-state index in [1.54, 1.807) is 7.11 Å². The Labute approximate surface area is 168 Å². The summed E-state index contributed by atoms with van der Waals surface area (Å²) < 4.78 is 17.2. The van der Waals surface area contributed by atoms with Crippen LogP contribution >= 0.6 is 15.9 Å². The lowest BCUT2D eigenvalue weighted by Crippen LogP contribution is -2.23. The van der Waals surface area contributed by atoms with E-state index in [-0.39, 0.29) is 11.7 Å². The van der Waals surface area contributed by atoms with Crippen molar-refractivity contribution in [2.75, 3.05) is 7.11 Å². The number of rotatable bonds is 5. The number of furan rings is 1. The number of hydrogen-bond donors (Lipinski definition) is 1. The van der Waals surface area contributed by atoms with Crippen LogP contribution in [0.3, 0.4) is 0 Å². The molecule has 8 heteroatoms. The van der Waals surface area contributed by atoms with Gasteiger partial charge in [-0.1, -0.05) is 33.2 Å². The molecule has 28 heavy (non-hydrogen) atoms. The number of methoxy groups -OCH3 is 1. The quantitative estimate of drug-likeness (QED) is 0.490. The average Bonchev–Trinajstić information content (AvgIpc) is 3.31. The molecule has 1 amide bonds. The minimum atomic E-state index is -0.450. The second-order valence-corrected chi connectivity index (χ2v) is 7.07. The summed E-state index contributed by atoms with van der Waals surface area (Å²) in [7, 11) is 1.61. The molecule has 0 fully saturated rings. The van der Waals surface area contributed by atoms with Crippen LogP contribution in [0.1, 0.15) is 21.8 Å². The van der Waals surface area contributed by atoms with Crippen LogP contribution in [0.5, 0.6) is 5.75 Å². The fraction of sp³-hybridized carbons (Fsp3) is 0.150. The Balaban J connectivity index is 1.54. The molecule has 0 aliphatic rings. The molecular formula is C20H16BrN3O4. The van der Waals surface area contributed by atoms with Gasteiger partial charge in [0.05, 0.1) is 7.11 Å². The Morgan fingerprint density at radius 3 is 2.89 bits per heavy atom. The summed E-state index contributed by atoms with van der Waals surface area (Å²) in [5.74, 6) is 0.832. The Morgan fingerprint density at radius 1 is 1.25 bits per heavy atom. The van der Waals surface area contributed by atoms with E-state index in [2.05, 4.69) is 31.4 Å².